The molecule has 0 radical (unpaired) electrons. The van der Waals surface area contributed by atoms with E-state index in [4.69, 9.17) is 0 Å². The molecule has 1 saturated carbocycles. The fraction of sp³-hybridized carbons (Fsp3) is 0.579. The van der Waals surface area contributed by atoms with Crippen LogP contribution < -0.4 is 4.90 Å². The van der Waals surface area contributed by atoms with Crippen molar-refractivity contribution in [2.24, 2.45) is 10.9 Å². The number of sulfone groups is 1. The summed E-state index contributed by atoms with van der Waals surface area (Å²) in [5.41, 5.74) is 0.289. The van der Waals surface area contributed by atoms with Crippen LogP contribution in [0.4, 0.5) is 10.1 Å². The first kappa shape index (κ1) is 18.9. The lowest BCUT2D eigenvalue weighted by atomic mass is 10.0. The predicted octanol–water partition coefficient (Wildman–Crippen LogP) is 3.40. The average Bonchev–Trinajstić information content (AvgIpc) is 3.29. The Morgan fingerprint density at radius 1 is 1.22 bits per heavy atom. The zero-order valence-electron chi connectivity index (χ0n) is 15.0. The SMILES string of the molecule is O=C(CCC1CCCC1)N=C1S[C@@H]2CS(=O)(=O)C[C@@H]2N1c1ccccc1F. The number of amidine groups is 1. The first-order valence-corrected chi connectivity index (χ1v) is 12.2. The second-order valence-corrected chi connectivity index (χ2v) is 11.0. The fourth-order valence-electron chi connectivity index (χ4n) is 4.28. The number of hydrogen-bond donors (Lipinski definition) is 0. The molecule has 146 valence electrons. The minimum absolute atomic E-state index is 0.0334. The van der Waals surface area contributed by atoms with E-state index < -0.39 is 15.7 Å². The normalized spacial score (nSPS) is 28.8. The first-order chi connectivity index (χ1) is 12.9. The molecular formula is C19H23FN2O3S2. The Morgan fingerprint density at radius 3 is 2.70 bits per heavy atom. The summed E-state index contributed by atoms with van der Waals surface area (Å²) >= 11 is 1.29. The molecule has 0 spiro atoms. The van der Waals surface area contributed by atoms with E-state index in [-0.39, 0.29) is 34.4 Å². The van der Waals surface area contributed by atoms with Gasteiger partial charge in [0, 0.05) is 11.7 Å². The molecule has 0 unspecified atom stereocenters. The number of thioether (sulfide) groups is 1. The van der Waals surface area contributed by atoms with Gasteiger partial charge in [0.2, 0.25) is 5.91 Å². The van der Waals surface area contributed by atoms with Crippen molar-refractivity contribution in [1.82, 2.24) is 0 Å². The lowest BCUT2D eigenvalue weighted by molar-refractivity contribution is -0.118. The van der Waals surface area contributed by atoms with E-state index in [0.717, 1.165) is 6.42 Å². The zero-order chi connectivity index (χ0) is 19.0. The Balaban J connectivity index is 1.57. The number of hydrogen-bond acceptors (Lipinski definition) is 4. The van der Waals surface area contributed by atoms with Crippen LogP contribution in [0.5, 0.6) is 0 Å². The number of anilines is 1. The summed E-state index contributed by atoms with van der Waals surface area (Å²) in [5, 5.41) is 0.220. The van der Waals surface area contributed by atoms with Gasteiger partial charge >= 0.3 is 0 Å². The molecule has 4 rings (SSSR count). The quantitative estimate of drug-likeness (QED) is 0.761. The Bertz CT molecular complexity index is 865. The van der Waals surface area contributed by atoms with Gasteiger partial charge in [0.1, 0.15) is 5.82 Å². The zero-order valence-corrected chi connectivity index (χ0v) is 16.6. The van der Waals surface area contributed by atoms with Crippen LogP contribution in [0, 0.1) is 11.7 Å². The summed E-state index contributed by atoms with van der Waals surface area (Å²) in [4.78, 5) is 18.3. The standard InChI is InChI=1S/C19H23FN2O3S2/c20-14-7-3-4-8-15(14)22-16-11-27(24,25)12-17(16)26-19(22)21-18(23)10-9-13-5-1-2-6-13/h3-4,7-8,13,16-17H,1-2,5-6,9-12H2/t16-,17+/m0/s1. The topological polar surface area (TPSA) is 66.8 Å². The third kappa shape index (κ3) is 4.06. The van der Waals surface area contributed by atoms with Crippen molar-refractivity contribution >= 4 is 38.4 Å². The first-order valence-electron chi connectivity index (χ1n) is 9.45. The van der Waals surface area contributed by atoms with Gasteiger partial charge in [-0.2, -0.15) is 4.99 Å². The van der Waals surface area contributed by atoms with E-state index in [9.17, 15) is 17.6 Å². The van der Waals surface area contributed by atoms with Crippen molar-refractivity contribution in [3.8, 4) is 0 Å². The molecule has 1 amide bonds. The van der Waals surface area contributed by atoms with Gasteiger partial charge in [0.05, 0.1) is 23.2 Å². The van der Waals surface area contributed by atoms with Crippen LogP contribution in [0.3, 0.4) is 0 Å². The van der Waals surface area contributed by atoms with Gasteiger partial charge < -0.3 is 4.90 Å². The molecule has 1 aliphatic carbocycles. The molecule has 1 aromatic carbocycles. The Hall–Kier alpha value is -1.41. The largest absolute Gasteiger partial charge is 0.313 e. The van der Waals surface area contributed by atoms with Crippen molar-refractivity contribution in [1.29, 1.82) is 0 Å². The molecule has 5 nitrogen and oxygen atoms in total. The number of carbonyl (C=O) groups is 1. The molecule has 27 heavy (non-hydrogen) atoms. The molecule has 0 aromatic heterocycles. The van der Waals surface area contributed by atoms with Gasteiger partial charge in [-0.15, -0.1) is 0 Å². The number of aliphatic imine (C=N–C) groups is 1. The molecule has 8 heteroatoms. The van der Waals surface area contributed by atoms with E-state index >= 15 is 0 Å². The van der Waals surface area contributed by atoms with Crippen LogP contribution in [-0.4, -0.2) is 42.3 Å². The van der Waals surface area contributed by atoms with Crippen LogP contribution in [-0.2, 0) is 14.6 Å². The highest BCUT2D eigenvalue weighted by molar-refractivity contribution is 8.16. The number of amides is 1. The van der Waals surface area contributed by atoms with Gasteiger partial charge in [-0.05, 0) is 24.5 Å². The number of carbonyl (C=O) groups excluding carboxylic acids is 1. The lowest BCUT2D eigenvalue weighted by Crippen LogP contribution is -2.38. The maximum absolute atomic E-state index is 14.4. The molecule has 0 bridgehead atoms. The van der Waals surface area contributed by atoms with Crippen LogP contribution in [0.25, 0.3) is 0 Å². The summed E-state index contributed by atoms with van der Waals surface area (Å²) in [6.45, 7) is 0. The average molecular weight is 411 g/mol. The molecule has 2 heterocycles. The fourth-order valence-corrected chi connectivity index (χ4v) is 8.21. The number of fused-ring (bicyclic) bond motifs is 1. The Morgan fingerprint density at radius 2 is 1.96 bits per heavy atom. The second kappa shape index (κ2) is 7.54. The molecule has 2 saturated heterocycles. The van der Waals surface area contributed by atoms with Crippen LogP contribution >= 0.6 is 11.8 Å². The molecule has 0 N–H and O–H groups in total. The van der Waals surface area contributed by atoms with Crippen LogP contribution in [0.2, 0.25) is 0 Å². The summed E-state index contributed by atoms with van der Waals surface area (Å²) in [6, 6.07) is 5.88. The van der Waals surface area contributed by atoms with Crippen molar-refractivity contribution in [2.75, 3.05) is 16.4 Å². The van der Waals surface area contributed by atoms with E-state index in [1.54, 1.807) is 23.1 Å². The highest BCUT2D eigenvalue weighted by Crippen LogP contribution is 2.41. The monoisotopic (exact) mass is 410 g/mol. The Labute approximate surface area is 163 Å². The summed E-state index contributed by atoms with van der Waals surface area (Å²) < 4.78 is 38.5. The van der Waals surface area contributed by atoms with Crippen LogP contribution in [0.15, 0.2) is 29.3 Å². The molecular weight excluding hydrogens is 387 g/mol. The number of para-hydroxylation sites is 1. The highest BCUT2D eigenvalue weighted by atomic mass is 32.2. The Kier molecular flexibility index (Phi) is 5.29. The molecule has 1 aromatic rings. The van der Waals surface area contributed by atoms with Gasteiger partial charge in [0.25, 0.3) is 0 Å². The van der Waals surface area contributed by atoms with Gasteiger partial charge in [-0.1, -0.05) is 49.6 Å². The molecule has 2 aliphatic heterocycles. The van der Waals surface area contributed by atoms with Crippen molar-refractivity contribution in [3.05, 3.63) is 30.1 Å². The van der Waals surface area contributed by atoms with Gasteiger partial charge in [-0.25, -0.2) is 12.8 Å². The van der Waals surface area contributed by atoms with Crippen molar-refractivity contribution in [2.45, 2.75) is 49.8 Å². The molecule has 3 fully saturated rings. The highest BCUT2D eigenvalue weighted by Gasteiger charge is 2.49. The summed E-state index contributed by atoms with van der Waals surface area (Å²) in [6.07, 6.45) is 6.09. The van der Waals surface area contributed by atoms with E-state index in [2.05, 4.69) is 4.99 Å². The maximum atomic E-state index is 14.4. The minimum atomic E-state index is -3.16. The maximum Gasteiger partial charge on any atom is 0.248 e. The van der Waals surface area contributed by atoms with Crippen molar-refractivity contribution in [3.63, 3.8) is 0 Å². The van der Waals surface area contributed by atoms with Crippen LogP contribution in [0.1, 0.15) is 38.5 Å². The number of halogens is 1. The lowest BCUT2D eigenvalue weighted by Gasteiger charge is -2.24. The summed E-state index contributed by atoms with van der Waals surface area (Å²) in [5.74, 6) is -0.0167. The second-order valence-electron chi connectivity index (χ2n) is 7.60. The molecule has 2 atom stereocenters. The summed E-state index contributed by atoms with van der Waals surface area (Å²) in [7, 11) is -3.16. The molecule has 3 aliphatic rings. The number of nitrogens with zero attached hydrogens (tertiary/aromatic N) is 2. The number of benzene rings is 1. The smallest absolute Gasteiger partial charge is 0.248 e. The minimum Gasteiger partial charge on any atom is -0.313 e. The predicted molar refractivity (Wildman–Crippen MR) is 106 cm³/mol. The van der Waals surface area contributed by atoms with Crippen molar-refractivity contribution < 1.29 is 17.6 Å². The van der Waals surface area contributed by atoms with E-state index in [0.29, 0.717) is 17.5 Å². The third-order valence-corrected chi connectivity index (χ3v) is 8.85. The van der Waals surface area contributed by atoms with Gasteiger partial charge in [0.15, 0.2) is 15.0 Å². The van der Waals surface area contributed by atoms with E-state index in [1.807, 2.05) is 0 Å². The third-order valence-electron chi connectivity index (χ3n) is 5.64. The van der Waals surface area contributed by atoms with E-state index in [1.165, 1.54) is 43.5 Å². The number of rotatable bonds is 4. The van der Waals surface area contributed by atoms with Gasteiger partial charge in [-0.3, -0.25) is 4.79 Å².